The van der Waals surface area contributed by atoms with Gasteiger partial charge in [-0.2, -0.15) is 0 Å². The van der Waals surface area contributed by atoms with Crippen molar-refractivity contribution in [3.63, 3.8) is 0 Å². The van der Waals surface area contributed by atoms with Gasteiger partial charge in [-0.05, 0) is 43.7 Å². The Morgan fingerprint density at radius 1 is 1.06 bits per heavy atom. The average molecular weight is 462 g/mol. The zero-order valence-corrected chi connectivity index (χ0v) is 18.5. The maximum absolute atomic E-state index is 15.0. The molecule has 1 aromatic heterocycles. The fourth-order valence-electron chi connectivity index (χ4n) is 3.96. The van der Waals surface area contributed by atoms with Crippen LogP contribution in [0.3, 0.4) is 0 Å². The van der Waals surface area contributed by atoms with Crippen LogP contribution < -0.4 is 11.1 Å². The van der Waals surface area contributed by atoms with Crippen molar-refractivity contribution in [2.24, 2.45) is 0 Å². The second kappa shape index (κ2) is 7.13. The van der Waals surface area contributed by atoms with E-state index in [0.29, 0.717) is 16.1 Å². The minimum absolute atomic E-state index is 0.110. The highest BCUT2D eigenvalue weighted by atomic mass is 32.2. The number of rotatable bonds is 3. The first-order valence-electron chi connectivity index (χ1n) is 9.48. The van der Waals surface area contributed by atoms with E-state index in [9.17, 15) is 17.2 Å². The molecule has 3 aromatic rings. The normalized spacial score (nSPS) is 25.2. The molecular formula is C22H21F2N3O2S2. The van der Waals surface area contributed by atoms with Crippen LogP contribution in [-0.4, -0.2) is 20.0 Å². The third-order valence-corrected chi connectivity index (χ3v) is 9.77. The lowest BCUT2D eigenvalue weighted by atomic mass is 9.94. The highest BCUT2D eigenvalue weighted by Gasteiger charge is 2.56. The topological polar surface area (TPSA) is 96.0 Å². The molecule has 1 fully saturated rings. The van der Waals surface area contributed by atoms with Crippen molar-refractivity contribution in [3.05, 3.63) is 76.7 Å². The summed E-state index contributed by atoms with van der Waals surface area (Å²) in [4.78, 5) is 0.753. The summed E-state index contributed by atoms with van der Waals surface area (Å²) in [5, 5.41) is 11.4. The summed E-state index contributed by atoms with van der Waals surface area (Å²) in [6.45, 7) is 2.84. The van der Waals surface area contributed by atoms with Gasteiger partial charge in [-0.15, -0.1) is 11.3 Å². The molecule has 4 N–H and O–H groups in total. The lowest BCUT2D eigenvalue weighted by Crippen LogP contribution is -2.63. The maximum Gasteiger partial charge on any atom is 0.169 e. The van der Waals surface area contributed by atoms with Crippen LogP contribution in [0.2, 0.25) is 0 Å². The molecule has 1 saturated heterocycles. The summed E-state index contributed by atoms with van der Waals surface area (Å²) in [7, 11) is -4.09. The van der Waals surface area contributed by atoms with Gasteiger partial charge in [0, 0.05) is 16.1 Å². The Hall–Kier alpha value is -2.78. The smallest absolute Gasteiger partial charge is 0.169 e. The van der Waals surface area contributed by atoms with E-state index in [1.165, 1.54) is 38.1 Å². The number of hydrogen-bond donors (Lipinski definition) is 3. The molecule has 162 valence electrons. The zero-order valence-electron chi connectivity index (χ0n) is 16.9. The van der Waals surface area contributed by atoms with Crippen LogP contribution in [0.15, 0.2) is 54.6 Å². The van der Waals surface area contributed by atoms with Gasteiger partial charge in [0.15, 0.2) is 14.6 Å². The molecule has 0 saturated carbocycles. The largest absolute Gasteiger partial charge is 0.399 e. The van der Waals surface area contributed by atoms with E-state index in [-0.39, 0.29) is 10.4 Å². The van der Waals surface area contributed by atoms with Crippen LogP contribution in [-0.2, 0) is 20.1 Å². The van der Waals surface area contributed by atoms with Crippen LogP contribution >= 0.6 is 11.3 Å². The molecule has 2 heterocycles. The molecular weight excluding hydrogens is 440 g/mol. The van der Waals surface area contributed by atoms with Gasteiger partial charge in [0.2, 0.25) is 0 Å². The van der Waals surface area contributed by atoms with Gasteiger partial charge in [0.1, 0.15) is 17.5 Å². The van der Waals surface area contributed by atoms with Crippen LogP contribution in [0.4, 0.5) is 14.5 Å². The number of nitrogens with two attached hydrogens (primary N) is 1. The monoisotopic (exact) mass is 461 g/mol. The molecule has 5 nitrogen and oxygen atoms in total. The quantitative estimate of drug-likeness (QED) is 0.504. The second-order valence-corrected chi connectivity index (χ2v) is 11.4. The molecule has 0 bridgehead atoms. The summed E-state index contributed by atoms with van der Waals surface area (Å²) >= 11 is 1.10. The fraction of sp³-hybridized carbons (Fsp3) is 0.227. The summed E-state index contributed by atoms with van der Waals surface area (Å²) in [5.41, 5.74) is 5.57. The SMILES string of the molecule is C[C@@]1(c2ccccc2F)C(=N)N[C@](C)(c2sc(-c3cccc(N)c3)cc2F)CS1(=O)=O. The van der Waals surface area contributed by atoms with Crippen molar-refractivity contribution in [2.75, 3.05) is 11.5 Å². The lowest BCUT2D eigenvalue weighted by Gasteiger charge is -2.44. The highest BCUT2D eigenvalue weighted by Crippen LogP contribution is 2.44. The summed E-state index contributed by atoms with van der Waals surface area (Å²) in [6.07, 6.45) is 0. The first-order chi connectivity index (χ1) is 14.5. The zero-order chi connectivity index (χ0) is 22.6. The van der Waals surface area contributed by atoms with E-state index in [1.54, 1.807) is 24.3 Å². The van der Waals surface area contributed by atoms with Gasteiger partial charge in [-0.3, -0.25) is 5.41 Å². The Bertz CT molecular complexity index is 1310. The average Bonchev–Trinajstić information content (AvgIpc) is 3.09. The third-order valence-electron chi connectivity index (χ3n) is 5.73. The molecule has 1 aliphatic rings. The molecule has 31 heavy (non-hydrogen) atoms. The van der Waals surface area contributed by atoms with Crippen LogP contribution in [0.5, 0.6) is 0 Å². The standard InChI is InChI=1S/C22H21F2N3O2S2/c1-21(19-17(24)11-18(30-19)13-6-5-7-14(25)10-13)12-31(28,29)22(2,20(26)27-21)15-8-3-4-9-16(15)23/h3-11H,12,25H2,1-2H3,(H2,26,27)/t21-,22+/m0/s1. The first-order valence-corrected chi connectivity index (χ1v) is 11.9. The van der Waals surface area contributed by atoms with E-state index in [4.69, 9.17) is 11.1 Å². The maximum atomic E-state index is 15.0. The van der Waals surface area contributed by atoms with Gasteiger partial charge in [-0.1, -0.05) is 30.3 Å². The molecule has 0 unspecified atom stereocenters. The van der Waals surface area contributed by atoms with Crippen molar-refractivity contribution < 1.29 is 17.2 Å². The molecule has 4 rings (SSSR count). The van der Waals surface area contributed by atoms with E-state index in [1.807, 2.05) is 0 Å². The predicted octanol–water partition coefficient (Wildman–Crippen LogP) is 4.40. The first kappa shape index (κ1) is 21.5. The van der Waals surface area contributed by atoms with Crippen molar-refractivity contribution in [1.29, 1.82) is 5.41 Å². The van der Waals surface area contributed by atoms with Crippen LogP contribution in [0.25, 0.3) is 10.4 Å². The number of nitrogens with one attached hydrogen (secondary N) is 2. The van der Waals surface area contributed by atoms with Gasteiger partial charge in [-0.25, -0.2) is 17.2 Å². The Labute approximate surface area is 183 Å². The van der Waals surface area contributed by atoms with Gasteiger partial charge >= 0.3 is 0 Å². The van der Waals surface area contributed by atoms with Crippen molar-refractivity contribution in [1.82, 2.24) is 5.32 Å². The highest BCUT2D eigenvalue weighted by molar-refractivity contribution is 7.93. The second-order valence-electron chi connectivity index (χ2n) is 8.02. The van der Waals surface area contributed by atoms with E-state index >= 15 is 0 Å². The fourth-order valence-corrected chi connectivity index (χ4v) is 7.31. The molecule has 1 aliphatic heterocycles. The Morgan fingerprint density at radius 3 is 2.42 bits per heavy atom. The van der Waals surface area contributed by atoms with Gasteiger partial charge in [0.05, 0.1) is 16.2 Å². The number of halogens is 2. The van der Waals surface area contributed by atoms with Gasteiger partial charge < -0.3 is 11.1 Å². The molecule has 2 aromatic carbocycles. The number of thiophene rings is 1. The summed E-state index contributed by atoms with van der Waals surface area (Å²) in [6, 6.07) is 13.8. The number of nitrogen functional groups attached to an aromatic ring is 1. The number of hydrogen-bond acceptors (Lipinski definition) is 5. The molecule has 9 heteroatoms. The van der Waals surface area contributed by atoms with E-state index < -0.39 is 43.3 Å². The molecule has 0 amide bonds. The third kappa shape index (κ3) is 3.32. The Kier molecular flexibility index (Phi) is 4.94. The summed E-state index contributed by atoms with van der Waals surface area (Å²) < 4.78 is 54.4. The van der Waals surface area contributed by atoms with Crippen molar-refractivity contribution in [2.45, 2.75) is 24.1 Å². The number of amidine groups is 1. The Morgan fingerprint density at radius 2 is 1.77 bits per heavy atom. The predicted molar refractivity (Wildman–Crippen MR) is 120 cm³/mol. The Balaban J connectivity index is 1.78. The van der Waals surface area contributed by atoms with Crippen LogP contribution in [0, 0.1) is 17.0 Å². The summed E-state index contributed by atoms with van der Waals surface area (Å²) in [5.74, 6) is -2.18. The molecule has 0 aliphatic carbocycles. The minimum atomic E-state index is -4.09. The van der Waals surface area contributed by atoms with Crippen molar-refractivity contribution >= 4 is 32.7 Å². The van der Waals surface area contributed by atoms with Gasteiger partial charge in [0.25, 0.3) is 0 Å². The minimum Gasteiger partial charge on any atom is -0.399 e. The number of anilines is 1. The van der Waals surface area contributed by atoms with E-state index in [0.717, 1.165) is 17.4 Å². The number of benzene rings is 2. The van der Waals surface area contributed by atoms with Crippen LogP contribution in [0.1, 0.15) is 24.3 Å². The molecule has 0 spiro atoms. The molecule has 2 atom stereocenters. The lowest BCUT2D eigenvalue weighted by molar-refractivity contribution is 0.426. The van der Waals surface area contributed by atoms with Crippen molar-refractivity contribution in [3.8, 4) is 10.4 Å². The number of sulfone groups is 1. The molecule has 0 radical (unpaired) electrons. The van der Waals surface area contributed by atoms with E-state index in [2.05, 4.69) is 5.32 Å².